The second-order valence-corrected chi connectivity index (χ2v) is 12.0. The van der Waals surface area contributed by atoms with Gasteiger partial charge in [-0.15, -0.1) is 0 Å². The molecule has 2 saturated heterocycles. The van der Waals surface area contributed by atoms with Gasteiger partial charge >= 0.3 is 6.03 Å². The Labute approximate surface area is 231 Å². The first-order chi connectivity index (χ1) is 17.6. The lowest BCUT2D eigenvalue weighted by atomic mass is 9.75. The van der Waals surface area contributed by atoms with Crippen LogP contribution in [0.4, 0.5) is 4.79 Å². The third-order valence-electron chi connectivity index (χ3n) is 7.83. The fourth-order valence-electron chi connectivity index (χ4n) is 6.28. The first-order valence-electron chi connectivity index (χ1n) is 12.1. The topological polar surface area (TPSA) is 92.2 Å². The number of imide groups is 2. The van der Waals surface area contributed by atoms with E-state index in [1.165, 1.54) is 14.1 Å². The molecule has 0 saturated carbocycles. The Morgan fingerprint density at radius 2 is 1.70 bits per heavy atom. The maximum absolute atomic E-state index is 13.9. The van der Waals surface area contributed by atoms with Crippen LogP contribution in [-0.4, -0.2) is 78.0 Å². The Hall–Kier alpha value is -2.50. The summed E-state index contributed by atoms with van der Waals surface area (Å²) < 4.78 is 8.95. The van der Waals surface area contributed by atoms with Crippen LogP contribution in [-0.2, 0) is 22.6 Å². The van der Waals surface area contributed by atoms with Crippen LogP contribution in [0.5, 0.6) is 5.75 Å². The van der Waals surface area contributed by atoms with E-state index in [0.29, 0.717) is 35.4 Å². The Balaban J connectivity index is 1.55. The molecule has 9 nitrogen and oxygen atoms in total. The maximum Gasteiger partial charge on any atom is 0.332 e. The predicted molar refractivity (Wildman–Crippen MR) is 143 cm³/mol. The standard InChI is InChI=1S/C26H28Br2N4O5/c1-29-23(34)26(24(35)30(2)25(29)36,10-16-8-18(27)9-19(28)22(16)37-3)14-31-11-15-7-17(13-31)20-5-4-6-21(33)32(20)12-15/h4-6,8-9,15,17H,7,10-14H2,1-3H3/t15-,17?/m0/s1. The van der Waals surface area contributed by atoms with Crippen molar-refractivity contribution in [3.05, 3.63) is 60.9 Å². The summed E-state index contributed by atoms with van der Waals surface area (Å²) in [6.07, 6.45) is 1.02. The first kappa shape index (κ1) is 26.1. The third kappa shape index (κ3) is 4.34. The number of halogens is 2. The predicted octanol–water partition coefficient (Wildman–Crippen LogP) is 3.08. The van der Waals surface area contributed by atoms with Gasteiger partial charge in [-0.3, -0.25) is 24.2 Å². The van der Waals surface area contributed by atoms with Gasteiger partial charge in [0.05, 0.1) is 11.6 Å². The monoisotopic (exact) mass is 634 g/mol. The highest BCUT2D eigenvalue weighted by Crippen LogP contribution is 2.42. The van der Waals surface area contributed by atoms with E-state index >= 15 is 0 Å². The third-order valence-corrected chi connectivity index (χ3v) is 8.88. The summed E-state index contributed by atoms with van der Waals surface area (Å²) in [4.78, 5) is 57.1. The number of fused-ring (bicyclic) bond motifs is 4. The Bertz CT molecular complexity index is 1330. The minimum atomic E-state index is -1.52. The zero-order valence-electron chi connectivity index (χ0n) is 20.9. The van der Waals surface area contributed by atoms with Gasteiger partial charge in [0.2, 0.25) is 11.8 Å². The molecule has 4 amide bonds. The van der Waals surface area contributed by atoms with Crippen molar-refractivity contribution in [2.24, 2.45) is 11.3 Å². The number of benzene rings is 1. The van der Waals surface area contributed by atoms with Crippen molar-refractivity contribution < 1.29 is 19.1 Å². The number of carbonyl (C=O) groups excluding carboxylic acids is 3. The summed E-state index contributed by atoms with van der Waals surface area (Å²) in [6.45, 7) is 2.04. The smallest absolute Gasteiger partial charge is 0.332 e. The molecule has 11 heteroatoms. The van der Waals surface area contributed by atoms with Gasteiger partial charge in [0.15, 0.2) is 0 Å². The Morgan fingerprint density at radius 3 is 2.38 bits per heavy atom. The van der Waals surface area contributed by atoms with Gasteiger partial charge in [0, 0.05) is 68.8 Å². The first-order valence-corrected chi connectivity index (χ1v) is 13.7. The molecular weight excluding hydrogens is 608 g/mol. The van der Waals surface area contributed by atoms with Crippen molar-refractivity contribution in [3.8, 4) is 5.75 Å². The molecule has 3 aliphatic rings. The number of amides is 4. The highest BCUT2D eigenvalue weighted by atomic mass is 79.9. The molecule has 2 bridgehead atoms. The molecule has 0 N–H and O–H groups in total. The van der Waals surface area contributed by atoms with Crippen LogP contribution in [0, 0.1) is 11.3 Å². The number of aromatic nitrogens is 1. The lowest BCUT2D eigenvalue weighted by molar-refractivity contribution is -0.159. The minimum Gasteiger partial charge on any atom is -0.495 e. The minimum absolute atomic E-state index is 0.00356. The van der Waals surface area contributed by atoms with E-state index in [0.717, 1.165) is 26.4 Å². The van der Waals surface area contributed by atoms with Crippen LogP contribution in [0.25, 0.3) is 0 Å². The second-order valence-electron chi connectivity index (χ2n) is 10.2. The average molecular weight is 636 g/mol. The number of barbiturate groups is 1. The number of piperidine rings is 1. The molecule has 196 valence electrons. The number of hydrogen-bond donors (Lipinski definition) is 0. The van der Waals surface area contributed by atoms with Crippen LogP contribution >= 0.6 is 31.9 Å². The molecule has 1 aromatic carbocycles. The number of carbonyl (C=O) groups is 3. The molecule has 0 spiro atoms. The number of likely N-dealkylation sites (tertiary alicyclic amines) is 1. The van der Waals surface area contributed by atoms with Crippen molar-refractivity contribution in [1.82, 2.24) is 19.3 Å². The summed E-state index contributed by atoms with van der Waals surface area (Å²) in [7, 11) is 4.38. The van der Waals surface area contributed by atoms with Gasteiger partial charge in [-0.05, 0) is 52.0 Å². The summed E-state index contributed by atoms with van der Waals surface area (Å²) in [5.41, 5.74) is 0.151. The van der Waals surface area contributed by atoms with E-state index < -0.39 is 23.3 Å². The van der Waals surface area contributed by atoms with Crippen LogP contribution < -0.4 is 10.3 Å². The SMILES string of the molecule is COc1c(Br)cc(Br)cc1CC1(CN2CC3C[C@@H](C2)Cn2c3cccc2=O)C(=O)N(C)C(=O)N(C)C1=O. The van der Waals surface area contributed by atoms with Gasteiger partial charge < -0.3 is 14.2 Å². The normalized spacial score (nSPS) is 23.3. The van der Waals surface area contributed by atoms with Gasteiger partial charge in [-0.2, -0.15) is 0 Å². The highest BCUT2D eigenvalue weighted by Gasteiger charge is 2.57. The maximum atomic E-state index is 13.9. The molecule has 2 fully saturated rings. The number of rotatable bonds is 5. The summed E-state index contributed by atoms with van der Waals surface area (Å²) in [5.74, 6) is -0.158. The highest BCUT2D eigenvalue weighted by molar-refractivity contribution is 9.11. The Morgan fingerprint density at radius 1 is 1.00 bits per heavy atom. The zero-order chi connectivity index (χ0) is 26.6. The number of urea groups is 1. The molecule has 4 heterocycles. The van der Waals surface area contributed by atoms with E-state index in [-0.39, 0.29) is 30.4 Å². The van der Waals surface area contributed by atoms with Crippen molar-refractivity contribution in [2.75, 3.05) is 40.8 Å². The van der Waals surface area contributed by atoms with Gasteiger partial charge in [-0.1, -0.05) is 22.0 Å². The second kappa shape index (κ2) is 9.67. The van der Waals surface area contributed by atoms with E-state index in [1.807, 2.05) is 22.8 Å². The van der Waals surface area contributed by atoms with Crippen molar-refractivity contribution in [2.45, 2.75) is 25.3 Å². The van der Waals surface area contributed by atoms with E-state index in [2.05, 4.69) is 36.8 Å². The molecule has 3 aliphatic heterocycles. The molecule has 2 aromatic rings. The van der Waals surface area contributed by atoms with E-state index in [1.54, 1.807) is 19.2 Å². The number of ether oxygens (including phenoxy) is 1. The molecule has 2 atom stereocenters. The zero-order valence-corrected chi connectivity index (χ0v) is 24.0. The fraction of sp³-hybridized carbons (Fsp3) is 0.462. The molecule has 0 radical (unpaired) electrons. The number of methoxy groups -OCH3 is 1. The summed E-state index contributed by atoms with van der Waals surface area (Å²) in [5, 5.41) is 0. The largest absolute Gasteiger partial charge is 0.495 e. The van der Waals surface area contributed by atoms with Gasteiger partial charge in [-0.25, -0.2) is 4.79 Å². The number of hydrogen-bond acceptors (Lipinski definition) is 6. The lowest BCUT2D eigenvalue weighted by Gasteiger charge is -2.48. The molecule has 1 unspecified atom stereocenters. The average Bonchev–Trinajstić information content (AvgIpc) is 2.85. The van der Waals surface area contributed by atoms with Crippen LogP contribution in [0.3, 0.4) is 0 Å². The van der Waals surface area contributed by atoms with Crippen LogP contribution in [0.1, 0.15) is 23.6 Å². The van der Waals surface area contributed by atoms with Gasteiger partial charge in [0.1, 0.15) is 11.2 Å². The molecule has 5 rings (SSSR count). The number of pyridine rings is 1. The molecular formula is C26H28Br2N4O5. The summed E-state index contributed by atoms with van der Waals surface area (Å²) in [6, 6.07) is 8.40. The van der Waals surface area contributed by atoms with Crippen molar-refractivity contribution in [3.63, 3.8) is 0 Å². The van der Waals surface area contributed by atoms with E-state index in [9.17, 15) is 19.2 Å². The van der Waals surface area contributed by atoms with Crippen LogP contribution in [0.15, 0.2) is 44.1 Å². The van der Waals surface area contributed by atoms with Crippen molar-refractivity contribution >= 4 is 49.7 Å². The van der Waals surface area contributed by atoms with Crippen molar-refractivity contribution in [1.29, 1.82) is 0 Å². The fourth-order valence-corrected chi connectivity index (χ4v) is 7.76. The van der Waals surface area contributed by atoms with Crippen LogP contribution in [0.2, 0.25) is 0 Å². The molecule has 1 aromatic heterocycles. The molecule has 37 heavy (non-hydrogen) atoms. The van der Waals surface area contributed by atoms with Gasteiger partial charge in [0.25, 0.3) is 5.56 Å². The quantitative estimate of drug-likeness (QED) is 0.469. The van der Waals surface area contributed by atoms with E-state index in [4.69, 9.17) is 4.74 Å². The lowest BCUT2D eigenvalue weighted by Crippen LogP contribution is -2.67. The Kier molecular flexibility index (Phi) is 6.82. The number of nitrogens with zero attached hydrogens (tertiary/aromatic N) is 4. The molecule has 0 aliphatic carbocycles. The summed E-state index contributed by atoms with van der Waals surface area (Å²) >= 11 is 7.02.